The van der Waals surface area contributed by atoms with Gasteiger partial charge in [-0.05, 0) is 60.9 Å². The topological polar surface area (TPSA) is 62.7 Å². The van der Waals surface area contributed by atoms with Gasteiger partial charge in [0.1, 0.15) is 6.04 Å². The van der Waals surface area contributed by atoms with Crippen LogP contribution in [0.5, 0.6) is 0 Å². The van der Waals surface area contributed by atoms with Crippen LogP contribution in [-0.4, -0.2) is 65.5 Å². The van der Waals surface area contributed by atoms with E-state index < -0.39 is 6.04 Å². The summed E-state index contributed by atoms with van der Waals surface area (Å²) in [6, 6.07) is 11.9. The highest BCUT2D eigenvalue weighted by Gasteiger charge is 2.40. The van der Waals surface area contributed by atoms with Crippen LogP contribution >= 0.6 is 0 Å². The lowest BCUT2D eigenvalue weighted by Crippen LogP contribution is -2.60. The van der Waals surface area contributed by atoms with Crippen molar-refractivity contribution in [3.63, 3.8) is 0 Å². The van der Waals surface area contributed by atoms with Gasteiger partial charge in [-0.1, -0.05) is 31.2 Å². The van der Waals surface area contributed by atoms with Crippen molar-refractivity contribution in [3.8, 4) is 11.1 Å². The van der Waals surface area contributed by atoms with Gasteiger partial charge in [0.25, 0.3) is 0 Å². The van der Waals surface area contributed by atoms with Crippen molar-refractivity contribution in [2.24, 2.45) is 5.92 Å². The first kappa shape index (κ1) is 23.4. The molecule has 2 aromatic rings. The SMILES string of the molecule is CCCN1CCN(C(=O)C2CCC(OC)CC2)[C@@H](Cc2ccc(-c3ccncc3)cc2)C1=O. The molecule has 1 atom stereocenters. The largest absolute Gasteiger partial charge is 0.381 e. The molecule has 0 N–H and O–H groups in total. The van der Waals surface area contributed by atoms with Gasteiger partial charge in [0.15, 0.2) is 0 Å². The molecule has 0 unspecified atom stereocenters. The van der Waals surface area contributed by atoms with Crippen molar-refractivity contribution in [3.05, 3.63) is 54.4 Å². The second kappa shape index (κ2) is 10.9. The van der Waals surface area contributed by atoms with Gasteiger partial charge in [0.05, 0.1) is 6.10 Å². The van der Waals surface area contributed by atoms with Gasteiger partial charge >= 0.3 is 0 Å². The number of aromatic nitrogens is 1. The van der Waals surface area contributed by atoms with E-state index >= 15 is 0 Å². The molecule has 1 aliphatic heterocycles. The second-order valence-corrected chi connectivity index (χ2v) is 9.22. The molecule has 0 radical (unpaired) electrons. The van der Waals surface area contributed by atoms with Crippen LogP contribution in [0.2, 0.25) is 0 Å². The molecule has 2 fully saturated rings. The molecule has 0 spiro atoms. The monoisotopic (exact) mass is 449 g/mol. The Morgan fingerprint density at radius 2 is 1.67 bits per heavy atom. The van der Waals surface area contributed by atoms with Gasteiger partial charge < -0.3 is 14.5 Å². The number of rotatable bonds is 7. The quantitative estimate of drug-likeness (QED) is 0.642. The summed E-state index contributed by atoms with van der Waals surface area (Å²) in [6.07, 6.45) is 8.82. The zero-order valence-electron chi connectivity index (χ0n) is 19.8. The van der Waals surface area contributed by atoms with E-state index in [0.717, 1.165) is 55.3 Å². The molecule has 1 aromatic carbocycles. The molecule has 6 heteroatoms. The number of amides is 2. The zero-order valence-corrected chi connectivity index (χ0v) is 19.8. The first-order valence-electron chi connectivity index (χ1n) is 12.2. The third-order valence-corrected chi connectivity index (χ3v) is 7.11. The van der Waals surface area contributed by atoms with E-state index in [0.29, 0.717) is 19.5 Å². The van der Waals surface area contributed by atoms with Gasteiger partial charge in [-0.15, -0.1) is 0 Å². The molecule has 33 heavy (non-hydrogen) atoms. The van der Waals surface area contributed by atoms with E-state index in [9.17, 15) is 9.59 Å². The maximum absolute atomic E-state index is 13.5. The summed E-state index contributed by atoms with van der Waals surface area (Å²) in [5.74, 6) is 0.228. The van der Waals surface area contributed by atoms with E-state index in [1.165, 1.54) is 0 Å². The number of benzene rings is 1. The van der Waals surface area contributed by atoms with E-state index in [2.05, 4.69) is 36.2 Å². The summed E-state index contributed by atoms with van der Waals surface area (Å²) in [7, 11) is 1.74. The lowest BCUT2D eigenvalue weighted by Gasteiger charge is -2.42. The minimum absolute atomic E-state index is 0.00140. The number of pyridine rings is 1. The van der Waals surface area contributed by atoms with Crippen molar-refractivity contribution in [2.45, 2.75) is 57.6 Å². The Morgan fingerprint density at radius 3 is 2.30 bits per heavy atom. The normalized spacial score (nSPS) is 23.6. The van der Waals surface area contributed by atoms with Crippen molar-refractivity contribution in [1.29, 1.82) is 0 Å². The summed E-state index contributed by atoms with van der Waals surface area (Å²) in [6.45, 7) is 4.08. The number of nitrogens with zero attached hydrogens (tertiary/aromatic N) is 3. The number of hydrogen-bond acceptors (Lipinski definition) is 4. The Kier molecular flexibility index (Phi) is 7.76. The molecule has 2 aliphatic rings. The number of carbonyl (C=O) groups is 2. The fourth-order valence-corrected chi connectivity index (χ4v) is 5.17. The standard InChI is InChI=1S/C27H35N3O3/c1-3-16-29-17-18-30(26(31)23-8-10-24(33-2)11-9-23)25(27(29)32)19-20-4-6-21(7-5-20)22-12-14-28-15-13-22/h4-7,12-15,23-25H,3,8-11,16-19H2,1-2H3/t23?,24?,25-/m0/s1. The average molecular weight is 450 g/mol. The fraction of sp³-hybridized carbons (Fsp3) is 0.519. The molecule has 1 aromatic heterocycles. The smallest absolute Gasteiger partial charge is 0.245 e. The fourth-order valence-electron chi connectivity index (χ4n) is 5.17. The molecule has 1 aliphatic carbocycles. The van der Waals surface area contributed by atoms with E-state index in [1.54, 1.807) is 19.5 Å². The molecule has 2 amide bonds. The van der Waals surface area contributed by atoms with Crippen LogP contribution in [0.25, 0.3) is 11.1 Å². The lowest BCUT2D eigenvalue weighted by molar-refractivity contribution is -0.154. The Bertz CT molecular complexity index is 923. The molecule has 176 valence electrons. The van der Waals surface area contributed by atoms with Crippen molar-refractivity contribution < 1.29 is 14.3 Å². The van der Waals surface area contributed by atoms with Crippen LogP contribution in [0.1, 0.15) is 44.6 Å². The Balaban J connectivity index is 1.51. The highest BCUT2D eigenvalue weighted by Crippen LogP contribution is 2.30. The number of hydrogen-bond donors (Lipinski definition) is 0. The molecular weight excluding hydrogens is 414 g/mol. The van der Waals surface area contributed by atoms with Crippen LogP contribution in [0, 0.1) is 5.92 Å². The summed E-state index contributed by atoms with van der Waals surface area (Å²) < 4.78 is 5.48. The third kappa shape index (κ3) is 5.44. The number of carbonyl (C=O) groups excluding carboxylic acids is 2. The van der Waals surface area contributed by atoms with Gasteiger partial charge in [-0.2, -0.15) is 0 Å². The van der Waals surface area contributed by atoms with E-state index in [1.807, 2.05) is 21.9 Å². The van der Waals surface area contributed by atoms with Gasteiger partial charge in [-0.25, -0.2) is 0 Å². The van der Waals surface area contributed by atoms with Crippen molar-refractivity contribution in [2.75, 3.05) is 26.7 Å². The maximum Gasteiger partial charge on any atom is 0.245 e. The molecule has 2 heterocycles. The highest BCUT2D eigenvalue weighted by atomic mass is 16.5. The second-order valence-electron chi connectivity index (χ2n) is 9.22. The Labute approximate surface area is 196 Å². The molecule has 0 bridgehead atoms. The highest BCUT2D eigenvalue weighted by molar-refractivity contribution is 5.90. The Hall–Kier alpha value is -2.73. The third-order valence-electron chi connectivity index (χ3n) is 7.11. The number of piperazine rings is 1. The molecule has 1 saturated heterocycles. The summed E-state index contributed by atoms with van der Waals surface area (Å²) in [4.78, 5) is 34.8. The van der Waals surface area contributed by atoms with Crippen molar-refractivity contribution in [1.82, 2.24) is 14.8 Å². The maximum atomic E-state index is 13.5. The first-order valence-corrected chi connectivity index (χ1v) is 12.2. The minimum Gasteiger partial charge on any atom is -0.381 e. The van der Waals surface area contributed by atoms with Crippen LogP contribution in [0.15, 0.2) is 48.8 Å². The van der Waals surface area contributed by atoms with Crippen LogP contribution < -0.4 is 0 Å². The number of ether oxygens (including phenoxy) is 1. The van der Waals surface area contributed by atoms with E-state index in [-0.39, 0.29) is 23.8 Å². The molecule has 6 nitrogen and oxygen atoms in total. The first-order chi connectivity index (χ1) is 16.1. The van der Waals surface area contributed by atoms with Crippen LogP contribution in [-0.2, 0) is 20.7 Å². The van der Waals surface area contributed by atoms with Gasteiger partial charge in [0, 0.05) is 51.5 Å². The summed E-state index contributed by atoms with van der Waals surface area (Å²) in [5.41, 5.74) is 3.31. The molecule has 1 saturated carbocycles. The predicted octanol–water partition coefficient (Wildman–Crippen LogP) is 3.95. The average Bonchev–Trinajstić information content (AvgIpc) is 2.87. The van der Waals surface area contributed by atoms with Crippen molar-refractivity contribution >= 4 is 11.8 Å². The van der Waals surface area contributed by atoms with Gasteiger partial charge in [0.2, 0.25) is 11.8 Å². The number of methoxy groups -OCH3 is 1. The van der Waals surface area contributed by atoms with Gasteiger partial charge in [-0.3, -0.25) is 14.6 Å². The van der Waals surface area contributed by atoms with Crippen LogP contribution in [0.4, 0.5) is 0 Å². The Morgan fingerprint density at radius 1 is 1.00 bits per heavy atom. The molecule has 4 rings (SSSR count). The van der Waals surface area contributed by atoms with Crippen LogP contribution in [0.3, 0.4) is 0 Å². The minimum atomic E-state index is -0.426. The predicted molar refractivity (Wildman–Crippen MR) is 129 cm³/mol. The molecular formula is C27H35N3O3. The lowest BCUT2D eigenvalue weighted by atomic mass is 9.85. The summed E-state index contributed by atoms with van der Waals surface area (Å²) >= 11 is 0. The zero-order chi connectivity index (χ0) is 23.2. The van der Waals surface area contributed by atoms with E-state index in [4.69, 9.17) is 4.74 Å². The summed E-state index contributed by atoms with van der Waals surface area (Å²) in [5, 5.41) is 0.